The number of amides is 1. The molecule has 0 heterocycles. The Kier molecular flexibility index (Phi) is 6.10. The van der Waals surface area contributed by atoms with Crippen LogP contribution in [-0.4, -0.2) is 42.8 Å². The van der Waals surface area contributed by atoms with Gasteiger partial charge < -0.3 is 10.2 Å². The number of ketones is 1. The van der Waals surface area contributed by atoms with Crippen molar-refractivity contribution < 1.29 is 9.59 Å². The van der Waals surface area contributed by atoms with Crippen LogP contribution in [0.3, 0.4) is 0 Å². The number of rotatable bonds is 6. The fourth-order valence-corrected chi connectivity index (χ4v) is 1.51. The SMILES string of the molecule is C=CCN(C[C@H](NC)C(C)=O)C(=O)C(C)(C)C. The van der Waals surface area contributed by atoms with Crippen molar-refractivity contribution in [3.63, 3.8) is 0 Å². The lowest BCUT2D eigenvalue weighted by atomic mass is 9.94. The first kappa shape index (κ1) is 15.8. The van der Waals surface area contributed by atoms with Gasteiger partial charge in [-0.2, -0.15) is 0 Å². The maximum absolute atomic E-state index is 12.2. The van der Waals surface area contributed by atoms with Crippen LogP contribution in [0.2, 0.25) is 0 Å². The van der Waals surface area contributed by atoms with Crippen LogP contribution < -0.4 is 5.32 Å². The zero-order chi connectivity index (χ0) is 13.6. The van der Waals surface area contributed by atoms with E-state index in [0.29, 0.717) is 13.1 Å². The molecule has 0 aromatic heterocycles. The summed E-state index contributed by atoms with van der Waals surface area (Å²) >= 11 is 0. The number of likely N-dealkylation sites (N-methyl/N-ethyl adjacent to an activating group) is 1. The van der Waals surface area contributed by atoms with Crippen molar-refractivity contribution in [1.29, 1.82) is 0 Å². The Morgan fingerprint density at radius 3 is 2.24 bits per heavy atom. The van der Waals surface area contributed by atoms with E-state index in [4.69, 9.17) is 0 Å². The highest BCUT2D eigenvalue weighted by Gasteiger charge is 2.28. The van der Waals surface area contributed by atoms with Crippen molar-refractivity contribution in [3.05, 3.63) is 12.7 Å². The predicted molar refractivity (Wildman–Crippen MR) is 69.8 cm³/mol. The van der Waals surface area contributed by atoms with Crippen LogP contribution in [0.25, 0.3) is 0 Å². The first-order valence-corrected chi connectivity index (χ1v) is 5.82. The van der Waals surface area contributed by atoms with Crippen LogP contribution in [0.4, 0.5) is 0 Å². The van der Waals surface area contributed by atoms with E-state index in [1.165, 1.54) is 6.92 Å². The number of carbonyl (C=O) groups is 2. The van der Waals surface area contributed by atoms with Gasteiger partial charge in [-0.3, -0.25) is 9.59 Å². The summed E-state index contributed by atoms with van der Waals surface area (Å²) in [6.07, 6.45) is 1.68. The zero-order valence-electron chi connectivity index (χ0n) is 11.5. The summed E-state index contributed by atoms with van der Waals surface area (Å²) in [6.45, 7) is 11.6. The van der Waals surface area contributed by atoms with E-state index >= 15 is 0 Å². The molecule has 17 heavy (non-hydrogen) atoms. The van der Waals surface area contributed by atoms with E-state index in [1.807, 2.05) is 20.8 Å². The van der Waals surface area contributed by atoms with E-state index in [9.17, 15) is 9.59 Å². The predicted octanol–water partition coefficient (Wildman–Crippen LogP) is 1.22. The van der Waals surface area contributed by atoms with E-state index in [0.717, 1.165) is 0 Å². The van der Waals surface area contributed by atoms with Crippen molar-refractivity contribution in [2.24, 2.45) is 5.41 Å². The number of hydrogen-bond donors (Lipinski definition) is 1. The van der Waals surface area contributed by atoms with Gasteiger partial charge in [0.25, 0.3) is 0 Å². The molecule has 0 aliphatic rings. The molecule has 1 N–H and O–H groups in total. The van der Waals surface area contributed by atoms with E-state index in [-0.39, 0.29) is 17.7 Å². The highest BCUT2D eigenvalue weighted by molar-refractivity contribution is 5.85. The molecule has 4 heteroatoms. The molecule has 0 saturated carbocycles. The molecule has 0 fully saturated rings. The van der Waals surface area contributed by atoms with Gasteiger partial charge in [0.2, 0.25) is 5.91 Å². The summed E-state index contributed by atoms with van der Waals surface area (Å²) in [5.41, 5.74) is -0.446. The molecule has 4 nitrogen and oxygen atoms in total. The lowest BCUT2D eigenvalue weighted by Crippen LogP contribution is -2.49. The minimum absolute atomic E-state index is 0.0268. The van der Waals surface area contributed by atoms with Crippen LogP contribution in [-0.2, 0) is 9.59 Å². The van der Waals surface area contributed by atoms with Crippen LogP contribution in [0.5, 0.6) is 0 Å². The Morgan fingerprint density at radius 1 is 1.41 bits per heavy atom. The second kappa shape index (κ2) is 6.55. The summed E-state index contributed by atoms with van der Waals surface area (Å²) in [5, 5.41) is 2.92. The van der Waals surface area contributed by atoms with Crippen molar-refractivity contribution in [2.75, 3.05) is 20.1 Å². The topological polar surface area (TPSA) is 49.4 Å². The molecule has 1 atom stereocenters. The van der Waals surface area contributed by atoms with Crippen LogP contribution in [0, 0.1) is 5.41 Å². The molecule has 0 aliphatic carbocycles. The minimum atomic E-state index is -0.446. The monoisotopic (exact) mass is 240 g/mol. The summed E-state index contributed by atoms with van der Waals surface area (Å²) < 4.78 is 0. The van der Waals surface area contributed by atoms with E-state index in [1.54, 1.807) is 18.0 Å². The molecule has 0 aliphatic heterocycles. The summed E-state index contributed by atoms with van der Waals surface area (Å²) in [6, 6.07) is -0.318. The van der Waals surface area contributed by atoms with Crippen molar-refractivity contribution in [3.8, 4) is 0 Å². The van der Waals surface area contributed by atoms with Gasteiger partial charge in [-0.05, 0) is 14.0 Å². The van der Waals surface area contributed by atoms with Gasteiger partial charge in [0.1, 0.15) is 5.78 Å². The average Bonchev–Trinajstić information content (AvgIpc) is 2.21. The first-order valence-electron chi connectivity index (χ1n) is 5.82. The quantitative estimate of drug-likeness (QED) is 0.710. The van der Waals surface area contributed by atoms with Gasteiger partial charge in [0.05, 0.1) is 6.04 Å². The van der Waals surface area contributed by atoms with E-state index in [2.05, 4.69) is 11.9 Å². The Labute approximate surface area is 104 Å². The second-order valence-corrected chi connectivity index (χ2v) is 5.20. The van der Waals surface area contributed by atoms with Gasteiger partial charge in [-0.15, -0.1) is 6.58 Å². The third kappa shape index (κ3) is 5.13. The van der Waals surface area contributed by atoms with Gasteiger partial charge >= 0.3 is 0 Å². The second-order valence-electron chi connectivity index (χ2n) is 5.20. The molecule has 0 saturated heterocycles. The molecule has 0 unspecified atom stereocenters. The number of carbonyl (C=O) groups excluding carboxylic acids is 2. The summed E-state index contributed by atoms with van der Waals surface area (Å²) in [5.74, 6) is 0.0576. The molecule has 0 bridgehead atoms. The first-order chi connectivity index (χ1) is 7.73. The zero-order valence-corrected chi connectivity index (χ0v) is 11.5. The molecule has 1 amide bonds. The standard InChI is InChI=1S/C13H24N2O2/c1-7-8-15(12(17)13(3,4)5)9-11(14-6)10(2)16/h7,11,14H,1,8-9H2,2-6H3/t11-/m0/s1. The maximum atomic E-state index is 12.2. The van der Waals surface area contributed by atoms with Gasteiger partial charge in [-0.25, -0.2) is 0 Å². The van der Waals surface area contributed by atoms with Crippen LogP contribution in [0.15, 0.2) is 12.7 Å². The lowest BCUT2D eigenvalue weighted by Gasteiger charge is -2.31. The summed E-state index contributed by atoms with van der Waals surface area (Å²) in [7, 11) is 1.72. The lowest BCUT2D eigenvalue weighted by molar-refractivity contribution is -0.139. The minimum Gasteiger partial charge on any atom is -0.337 e. The fraction of sp³-hybridized carbons (Fsp3) is 0.692. The molecule has 0 radical (unpaired) electrons. The largest absolute Gasteiger partial charge is 0.337 e. The molecule has 0 aromatic rings. The third-order valence-corrected chi connectivity index (χ3v) is 2.52. The van der Waals surface area contributed by atoms with Gasteiger partial charge in [0, 0.05) is 18.5 Å². The van der Waals surface area contributed by atoms with E-state index < -0.39 is 5.41 Å². The molecule has 0 aromatic carbocycles. The molecule has 0 rings (SSSR count). The van der Waals surface area contributed by atoms with Gasteiger partial charge in [0.15, 0.2) is 0 Å². The van der Waals surface area contributed by atoms with Crippen molar-refractivity contribution in [2.45, 2.75) is 33.7 Å². The van der Waals surface area contributed by atoms with Crippen LogP contribution in [0.1, 0.15) is 27.7 Å². The van der Waals surface area contributed by atoms with Crippen molar-refractivity contribution in [1.82, 2.24) is 10.2 Å². The molecular formula is C13H24N2O2. The Hall–Kier alpha value is -1.16. The van der Waals surface area contributed by atoms with Gasteiger partial charge in [-0.1, -0.05) is 26.8 Å². The molecular weight excluding hydrogens is 216 g/mol. The summed E-state index contributed by atoms with van der Waals surface area (Å²) in [4.78, 5) is 25.2. The number of nitrogens with one attached hydrogen (secondary N) is 1. The molecule has 98 valence electrons. The highest BCUT2D eigenvalue weighted by Crippen LogP contribution is 2.17. The Morgan fingerprint density at radius 2 is 1.94 bits per heavy atom. The fourth-order valence-electron chi connectivity index (χ4n) is 1.51. The Bertz CT molecular complexity index is 292. The Balaban J connectivity index is 4.80. The number of Topliss-reactive ketones (excluding diaryl/α,β-unsaturated/α-hetero) is 1. The normalized spacial score (nSPS) is 13.0. The number of hydrogen-bond acceptors (Lipinski definition) is 3. The maximum Gasteiger partial charge on any atom is 0.228 e. The molecule has 0 spiro atoms. The smallest absolute Gasteiger partial charge is 0.228 e. The average molecular weight is 240 g/mol. The van der Waals surface area contributed by atoms with Crippen molar-refractivity contribution >= 4 is 11.7 Å². The number of nitrogens with zero attached hydrogens (tertiary/aromatic N) is 1. The third-order valence-electron chi connectivity index (χ3n) is 2.52. The highest BCUT2D eigenvalue weighted by atomic mass is 16.2. The van der Waals surface area contributed by atoms with Crippen LogP contribution >= 0.6 is 0 Å².